The van der Waals surface area contributed by atoms with E-state index < -0.39 is 17.8 Å². The lowest BCUT2D eigenvalue weighted by molar-refractivity contribution is -0.142. The van der Waals surface area contributed by atoms with Crippen LogP contribution in [0.4, 0.5) is 5.69 Å². The molecular formula is C26H24N4O4. The summed E-state index contributed by atoms with van der Waals surface area (Å²) < 4.78 is 0. The van der Waals surface area contributed by atoms with Gasteiger partial charge in [0.2, 0.25) is 0 Å². The van der Waals surface area contributed by atoms with Crippen molar-refractivity contribution in [2.24, 2.45) is 11.8 Å². The first kappa shape index (κ1) is 24.2. The Kier molecular flexibility index (Phi) is 7.75. The number of hydrogen-bond acceptors (Lipinski definition) is 6. The van der Waals surface area contributed by atoms with E-state index in [9.17, 15) is 19.5 Å². The number of hydrazine groups is 1. The lowest BCUT2D eigenvalue weighted by Gasteiger charge is -2.20. The van der Waals surface area contributed by atoms with Crippen molar-refractivity contribution < 1.29 is 19.5 Å². The molecule has 0 aliphatic carbocycles. The molecule has 1 amide bonds. The van der Waals surface area contributed by atoms with Crippen LogP contribution in [0.15, 0.2) is 72.8 Å². The summed E-state index contributed by atoms with van der Waals surface area (Å²) in [4.78, 5) is 36.9. The van der Waals surface area contributed by atoms with Crippen molar-refractivity contribution in [3.05, 3.63) is 89.5 Å². The van der Waals surface area contributed by atoms with E-state index >= 15 is 0 Å². The molecule has 0 heterocycles. The third kappa shape index (κ3) is 5.85. The van der Waals surface area contributed by atoms with E-state index in [0.29, 0.717) is 11.1 Å². The number of benzene rings is 3. The molecule has 34 heavy (non-hydrogen) atoms. The van der Waals surface area contributed by atoms with Gasteiger partial charge in [-0.15, -0.1) is 0 Å². The summed E-state index contributed by atoms with van der Waals surface area (Å²) in [6.45, 7) is -0.0466. The summed E-state index contributed by atoms with van der Waals surface area (Å²) in [6.07, 6.45) is -0.208. The van der Waals surface area contributed by atoms with E-state index in [0.717, 1.165) is 16.1 Å². The average Bonchev–Trinajstić information content (AvgIpc) is 2.86. The molecule has 3 rings (SSSR count). The Hall–Kier alpha value is -4.48. The van der Waals surface area contributed by atoms with Gasteiger partial charge in [-0.25, -0.2) is 5.84 Å². The van der Waals surface area contributed by atoms with Crippen LogP contribution >= 0.6 is 0 Å². The van der Waals surface area contributed by atoms with Gasteiger partial charge >= 0.3 is 5.97 Å². The Morgan fingerprint density at radius 3 is 2.09 bits per heavy atom. The Morgan fingerprint density at radius 1 is 0.941 bits per heavy atom. The molecule has 0 aliphatic rings. The number of nitrogen functional groups attached to an aromatic ring is 1. The smallest absolute Gasteiger partial charge is 0.307 e. The van der Waals surface area contributed by atoms with Crippen molar-refractivity contribution in [1.82, 2.24) is 5.01 Å². The molecular weight excluding hydrogens is 432 g/mol. The molecule has 0 bridgehead atoms. The standard InChI is InChI=1S/C26H24N4O4/c27-16-17-5-7-18(8-6-17)19-9-11-20(12-10-19)24(31)15-21(26(33)34)13-14-30(29)25(32)22-3-1-2-4-23(22)28/h1-12,21H,13-15,28-29H2,(H,33,34). The lowest BCUT2D eigenvalue weighted by atomic mass is 9.94. The molecule has 0 radical (unpaired) electrons. The molecule has 1 unspecified atom stereocenters. The molecule has 0 aliphatic heterocycles. The Labute approximate surface area is 197 Å². The molecule has 8 nitrogen and oxygen atoms in total. The van der Waals surface area contributed by atoms with Crippen molar-refractivity contribution in [2.45, 2.75) is 12.8 Å². The molecule has 0 fully saturated rings. The van der Waals surface area contributed by atoms with Gasteiger partial charge in [-0.3, -0.25) is 19.4 Å². The van der Waals surface area contributed by atoms with Crippen molar-refractivity contribution in [3.63, 3.8) is 0 Å². The SMILES string of the molecule is N#Cc1ccc(-c2ccc(C(=O)CC(CCN(N)C(=O)c3ccccc3N)C(=O)O)cc2)cc1. The topological polar surface area (TPSA) is 151 Å². The van der Waals surface area contributed by atoms with Crippen LogP contribution in [-0.2, 0) is 4.79 Å². The molecule has 1 atom stereocenters. The average molecular weight is 457 g/mol. The number of rotatable bonds is 9. The first-order valence-electron chi connectivity index (χ1n) is 10.6. The fourth-order valence-corrected chi connectivity index (χ4v) is 3.48. The van der Waals surface area contributed by atoms with Gasteiger partial charge in [0.1, 0.15) is 0 Å². The normalized spacial score (nSPS) is 11.3. The highest BCUT2D eigenvalue weighted by Gasteiger charge is 2.24. The minimum atomic E-state index is -1.14. The van der Waals surface area contributed by atoms with Gasteiger partial charge < -0.3 is 10.8 Å². The minimum Gasteiger partial charge on any atom is -0.481 e. The van der Waals surface area contributed by atoms with Gasteiger partial charge in [0.15, 0.2) is 5.78 Å². The minimum absolute atomic E-state index is 0.0133. The number of ketones is 1. The second kappa shape index (κ2) is 10.9. The van der Waals surface area contributed by atoms with Crippen LogP contribution in [0.3, 0.4) is 0 Å². The van der Waals surface area contributed by atoms with Gasteiger partial charge in [-0.2, -0.15) is 5.26 Å². The number of Topliss-reactive ketones (excluding diaryl/α,β-unsaturated/α-hetero) is 1. The quantitative estimate of drug-likeness (QED) is 0.147. The van der Waals surface area contributed by atoms with Gasteiger partial charge in [-0.05, 0) is 41.8 Å². The molecule has 0 spiro atoms. The van der Waals surface area contributed by atoms with Crippen molar-refractivity contribution >= 4 is 23.3 Å². The van der Waals surface area contributed by atoms with Crippen molar-refractivity contribution in [2.75, 3.05) is 12.3 Å². The zero-order valence-corrected chi connectivity index (χ0v) is 18.3. The van der Waals surface area contributed by atoms with E-state index in [1.807, 2.05) is 12.1 Å². The zero-order valence-electron chi connectivity index (χ0n) is 18.3. The maximum absolute atomic E-state index is 12.7. The summed E-state index contributed by atoms with van der Waals surface area (Å²) in [5.41, 5.74) is 9.02. The number of nitriles is 1. The van der Waals surface area contributed by atoms with Gasteiger partial charge in [0.25, 0.3) is 5.91 Å². The summed E-state index contributed by atoms with van der Waals surface area (Å²) in [6, 6.07) is 22.4. The fourth-order valence-electron chi connectivity index (χ4n) is 3.48. The van der Waals surface area contributed by atoms with Crippen molar-refractivity contribution in [1.29, 1.82) is 5.26 Å². The van der Waals surface area contributed by atoms with Crippen molar-refractivity contribution in [3.8, 4) is 17.2 Å². The third-order valence-corrected chi connectivity index (χ3v) is 5.51. The number of amides is 1. The number of anilines is 1. The lowest BCUT2D eigenvalue weighted by Crippen LogP contribution is -2.40. The molecule has 0 saturated carbocycles. The predicted molar refractivity (Wildman–Crippen MR) is 127 cm³/mol. The second-order valence-corrected chi connectivity index (χ2v) is 7.80. The monoisotopic (exact) mass is 456 g/mol. The highest BCUT2D eigenvalue weighted by atomic mass is 16.4. The van der Waals surface area contributed by atoms with Gasteiger partial charge in [0, 0.05) is 24.2 Å². The number of nitrogens with zero attached hydrogens (tertiary/aromatic N) is 2. The first-order valence-corrected chi connectivity index (χ1v) is 10.6. The largest absolute Gasteiger partial charge is 0.481 e. The highest BCUT2D eigenvalue weighted by Crippen LogP contribution is 2.22. The van der Waals surface area contributed by atoms with Crippen LogP contribution in [0.1, 0.15) is 39.1 Å². The maximum Gasteiger partial charge on any atom is 0.307 e. The van der Waals surface area contributed by atoms with E-state index in [1.165, 1.54) is 6.07 Å². The predicted octanol–water partition coefficient (Wildman–Crippen LogP) is 3.49. The van der Waals surface area contributed by atoms with Crippen LogP contribution in [-0.4, -0.2) is 34.3 Å². The van der Waals surface area contributed by atoms with Crippen LogP contribution in [0.2, 0.25) is 0 Å². The molecule has 172 valence electrons. The van der Waals surface area contributed by atoms with Crippen LogP contribution < -0.4 is 11.6 Å². The number of carboxylic acids is 1. The molecule has 3 aromatic carbocycles. The third-order valence-electron chi connectivity index (χ3n) is 5.51. The zero-order chi connectivity index (χ0) is 24.7. The van der Waals surface area contributed by atoms with Crippen LogP contribution in [0, 0.1) is 17.2 Å². The second-order valence-electron chi connectivity index (χ2n) is 7.80. The Balaban J connectivity index is 1.62. The summed E-state index contributed by atoms with van der Waals surface area (Å²) in [7, 11) is 0. The number of carboxylic acid groups (broad SMARTS) is 1. The molecule has 5 N–H and O–H groups in total. The number of para-hydroxylation sites is 1. The summed E-state index contributed by atoms with van der Waals surface area (Å²) in [5, 5.41) is 19.4. The Morgan fingerprint density at radius 2 is 1.53 bits per heavy atom. The van der Waals surface area contributed by atoms with Crippen LogP contribution in [0.25, 0.3) is 11.1 Å². The first-order chi connectivity index (χ1) is 16.3. The van der Waals surface area contributed by atoms with E-state index in [-0.39, 0.29) is 36.4 Å². The van der Waals surface area contributed by atoms with E-state index in [2.05, 4.69) is 6.07 Å². The molecule has 3 aromatic rings. The Bertz CT molecular complexity index is 1230. The fraction of sp³-hybridized carbons (Fsp3) is 0.154. The number of nitrogens with two attached hydrogens (primary N) is 2. The van der Waals surface area contributed by atoms with Gasteiger partial charge in [0.05, 0.1) is 23.1 Å². The maximum atomic E-state index is 12.7. The number of aliphatic carboxylic acids is 1. The highest BCUT2D eigenvalue weighted by molar-refractivity contribution is 5.99. The van der Waals surface area contributed by atoms with Gasteiger partial charge in [-0.1, -0.05) is 48.5 Å². The van der Waals surface area contributed by atoms with E-state index in [1.54, 1.807) is 54.6 Å². The number of carbonyl (C=O) groups excluding carboxylic acids is 2. The number of carbonyl (C=O) groups is 3. The van der Waals surface area contributed by atoms with E-state index in [4.69, 9.17) is 16.8 Å². The summed E-state index contributed by atoms with van der Waals surface area (Å²) in [5.74, 6) is 2.85. The summed E-state index contributed by atoms with van der Waals surface area (Å²) >= 11 is 0. The molecule has 0 aromatic heterocycles. The van der Waals surface area contributed by atoms with Crippen LogP contribution in [0.5, 0.6) is 0 Å². The molecule has 0 saturated heterocycles. The number of hydrogen-bond donors (Lipinski definition) is 3. The molecule has 8 heteroatoms.